The molecule has 0 radical (unpaired) electrons. The number of fused-ring (bicyclic) bond motifs is 2. The fraction of sp³-hybridized carbons (Fsp3) is 0. The fourth-order valence-electron chi connectivity index (χ4n) is 7.11. The SMILES string of the molecule is N#CC1=C(c2ccc(F)cc2)/C(=C(/C#N)c2cc(C#N)cc(C#N)c2)c2cc3c(cc21)/C(=C(\C#N)c1cc(C#N)cc(C#N)c1)C(c1ccc(F)cc1)=C3C#N. The maximum absolute atomic E-state index is 14.3. The van der Waals surface area contributed by atoms with E-state index in [-0.39, 0.29) is 78.0 Å². The van der Waals surface area contributed by atoms with E-state index in [4.69, 9.17) is 0 Å². The predicted molar refractivity (Wildman–Crippen MR) is 201 cm³/mol. The molecule has 0 N–H and O–H groups in total. The van der Waals surface area contributed by atoms with E-state index in [1.807, 2.05) is 24.3 Å². The molecule has 254 valence electrons. The van der Waals surface area contributed by atoms with Crippen molar-refractivity contribution in [2.45, 2.75) is 0 Å². The zero-order valence-corrected chi connectivity index (χ0v) is 28.6. The first-order valence-corrected chi connectivity index (χ1v) is 16.4. The third kappa shape index (κ3) is 5.71. The number of hydrogen-bond acceptors (Lipinski definition) is 8. The molecule has 10 heteroatoms. The van der Waals surface area contributed by atoms with Crippen LogP contribution in [0.3, 0.4) is 0 Å². The molecule has 0 atom stereocenters. The summed E-state index contributed by atoms with van der Waals surface area (Å²) in [4.78, 5) is 0. The van der Waals surface area contributed by atoms with E-state index in [0.717, 1.165) is 0 Å². The summed E-state index contributed by atoms with van der Waals surface area (Å²) in [6, 6.07) is 39.1. The smallest absolute Gasteiger partial charge is 0.123 e. The first-order chi connectivity index (χ1) is 27.2. The lowest BCUT2D eigenvalue weighted by atomic mass is 9.86. The number of rotatable bonds is 4. The molecule has 56 heavy (non-hydrogen) atoms. The molecule has 0 saturated heterocycles. The highest BCUT2D eigenvalue weighted by Gasteiger charge is 2.37. The van der Waals surface area contributed by atoms with E-state index in [2.05, 4.69) is 24.3 Å². The van der Waals surface area contributed by atoms with Crippen molar-refractivity contribution >= 4 is 44.6 Å². The monoisotopic (exact) mass is 718 g/mol. The van der Waals surface area contributed by atoms with E-state index in [9.17, 15) is 50.9 Å². The van der Waals surface area contributed by atoms with Crippen LogP contribution in [0.2, 0.25) is 0 Å². The summed E-state index contributed by atoms with van der Waals surface area (Å²) in [6.07, 6.45) is 0. The average molecular weight is 719 g/mol. The first kappa shape index (κ1) is 35.3. The van der Waals surface area contributed by atoms with Crippen LogP contribution in [0.15, 0.2) is 97.1 Å². The van der Waals surface area contributed by atoms with Crippen LogP contribution in [-0.4, -0.2) is 0 Å². The first-order valence-electron chi connectivity index (χ1n) is 16.4. The largest absolute Gasteiger partial charge is 0.207 e. The van der Waals surface area contributed by atoms with Gasteiger partial charge in [0.25, 0.3) is 0 Å². The summed E-state index contributed by atoms with van der Waals surface area (Å²) in [5, 5.41) is 82.3. The van der Waals surface area contributed by atoms with Crippen LogP contribution in [0.4, 0.5) is 8.78 Å². The Morgan fingerprint density at radius 1 is 0.375 bits per heavy atom. The summed E-state index contributed by atoms with van der Waals surface area (Å²) in [5.41, 5.74) is 3.79. The van der Waals surface area contributed by atoms with Crippen molar-refractivity contribution in [1.29, 1.82) is 42.1 Å². The van der Waals surface area contributed by atoms with E-state index < -0.39 is 11.6 Å². The molecule has 0 bridgehead atoms. The molecule has 0 spiro atoms. The van der Waals surface area contributed by atoms with Gasteiger partial charge in [-0.2, -0.15) is 42.1 Å². The summed E-state index contributed by atoms with van der Waals surface area (Å²) >= 11 is 0. The second-order valence-corrected chi connectivity index (χ2v) is 12.4. The molecular weight excluding hydrogens is 703 g/mol. The van der Waals surface area contributed by atoms with Gasteiger partial charge in [-0.3, -0.25) is 0 Å². The van der Waals surface area contributed by atoms with Crippen molar-refractivity contribution in [3.8, 4) is 48.6 Å². The normalized spacial score (nSPS) is 14.0. The van der Waals surface area contributed by atoms with E-state index in [0.29, 0.717) is 33.4 Å². The standard InChI is InChI=1S/C46H16F2N8/c47-33-5-1-29(2-6-33)43-41(23-55)35-15-38-36(16-37(35)45(43)39(21-53)31-11-25(17-49)9-26(12-31)18-50)42(24-56)44(30-3-7-34(48)8-4-30)46(38)40(22-54)32-13-27(19-51)10-28(14-32)20-52/h1-16H/b45-39-,46-40-. The molecule has 2 aliphatic carbocycles. The van der Waals surface area contributed by atoms with Gasteiger partial charge in [0.1, 0.15) is 35.9 Å². The van der Waals surface area contributed by atoms with Crippen LogP contribution in [-0.2, 0) is 0 Å². The molecule has 5 aromatic carbocycles. The molecule has 0 heterocycles. The lowest BCUT2D eigenvalue weighted by Gasteiger charge is -2.14. The maximum Gasteiger partial charge on any atom is 0.123 e. The number of allylic oxidation sites excluding steroid dienone is 8. The number of nitriles is 8. The van der Waals surface area contributed by atoms with Crippen molar-refractivity contribution in [2.24, 2.45) is 0 Å². The van der Waals surface area contributed by atoms with Crippen molar-refractivity contribution in [1.82, 2.24) is 0 Å². The lowest BCUT2D eigenvalue weighted by molar-refractivity contribution is 0.627. The quantitative estimate of drug-likeness (QED) is 0.164. The predicted octanol–water partition coefficient (Wildman–Crippen LogP) is 9.22. The Hall–Kier alpha value is -9.16. The zero-order valence-electron chi connectivity index (χ0n) is 28.6. The Kier molecular flexibility index (Phi) is 8.88. The Morgan fingerprint density at radius 3 is 0.964 bits per heavy atom. The van der Waals surface area contributed by atoms with Crippen molar-refractivity contribution < 1.29 is 8.78 Å². The van der Waals surface area contributed by atoms with Crippen molar-refractivity contribution in [2.75, 3.05) is 0 Å². The summed E-state index contributed by atoms with van der Waals surface area (Å²) in [5.74, 6) is -1.10. The van der Waals surface area contributed by atoms with Crippen LogP contribution in [0.25, 0.3) is 44.6 Å². The van der Waals surface area contributed by atoms with Crippen LogP contribution in [0.5, 0.6) is 0 Å². The van der Waals surface area contributed by atoms with Crippen LogP contribution in [0.1, 0.15) is 66.8 Å². The number of halogens is 2. The number of hydrogen-bond donors (Lipinski definition) is 0. The van der Waals surface area contributed by atoms with Gasteiger partial charge in [0, 0.05) is 33.4 Å². The lowest BCUT2D eigenvalue weighted by Crippen LogP contribution is -1.97. The minimum atomic E-state index is -0.551. The topological polar surface area (TPSA) is 190 Å². The highest BCUT2D eigenvalue weighted by atomic mass is 19.1. The Labute approximate surface area is 318 Å². The van der Waals surface area contributed by atoms with Crippen LogP contribution >= 0.6 is 0 Å². The summed E-state index contributed by atoms with van der Waals surface area (Å²) in [7, 11) is 0. The number of nitrogens with zero attached hydrogens (tertiary/aromatic N) is 8. The van der Waals surface area contributed by atoms with Gasteiger partial charge in [0.05, 0.1) is 68.8 Å². The second kappa shape index (κ2) is 14.1. The van der Waals surface area contributed by atoms with Crippen molar-refractivity contribution in [3.63, 3.8) is 0 Å². The molecule has 0 fully saturated rings. The third-order valence-corrected chi connectivity index (χ3v) is 9.41. The molecule has 0 unspecified atom stereocenters. The molecule has 7 rings (SSSR count). The molecule has 0 amide bonds. The van der Waals surface area contributed by atoms with Crippen molar-refractivity contribution in [3.05, 3.63) is 175 Å². The number of benzene rings is 5. The van der Waals surface area contributed by atoms with Gasteiger partial charge in [-0.05, 0) is 106 Å². The fourth-order valence-corrected chi connectivity index (χ4v) is 7.11. The van der Waals surface area contributed by atoms with Crippen LogP contribution in [0, 0.1) is 102 Å². The molecular formula is C46H16F2N8. The van der Waals surface area contributed by atoms with Gasteiger partial charge < -0.3 is 0 Å². The Morgan fingerprint density at radius 2 is 0.696 bits per heavy atom. The minimum absolute atomic E-state index is 0.0190. The van der Waals surface area contributed by atoms with Gasteiger partial charge in [-0.25, -0.2) is 8.78 Å². The van der Waals surface area contributed by atoms with Gasteiger partial charge in [0.15, 0.2) is 0 Å². The van der Waals surface area contributed by atoms with E-state index in [1.165, 1.54) is 84.9 Å². The Bertz CT molecular complexity index is 2830. The van der Waals surface area contributed by atoms with Crippen LogP contribution < -0.4 is 0 Å². The molecule has 2 aliphatic rings. The third-order valence-electron chi connectivity index (χ3n) is 9.41. The van der Waals surface area contributed by atoms with Gasteiger partial charge in [-0.1, -0.05) is 24.3 Å². The van der Waals surface area contributed by atoms with Gasteiger partial charge in [0.2, 0.25) is 0 Å². The maximum atomic E-state index is 14.3. The molecule has 8 nitrogen and oxygen atoms in total. The molecule has 0 aromatic heterocycles. The summed E-state index contributed by atoms with van der Waals surface area (Å²) in [6.45, 7) is 0. The van der Waals surface area contributed by atoms with Gasteiger partial charge >= 0.3 is 0 Å². The summed E-state index contributed by atoms with van der Waals surface area (Å²) < 4.78 is 28.5. The highest BCUT2D eigenvalue weighted by Crippen LogP contribution is 2.56. The average Bonchev–Trinajstić information content (AvgIpc) is 3.72. The highest BCUT2D eigenvalue weighted by molar-refractivity contribution is 6.34. The van der Waals surface area contributed by atoms with Gasteiger partial charge in [-0.15, -0.1) is 0 Å². The second-order valence-electron chi connectivity index (χ2n) is 12.4. The minimum Gasteiger partial charge on any atom is -0.207 e. The molecule has 0 aliphatic heterocycles. The van der Waals surface area contributed by atoms with E-state index in [1.54, 1.807) is 12.1 Å². The molecule has 5 aromatic rings. The Balaban J connectivity index is 1.66. The molecule has 0 saturated carbocycles. The van der Waals surface area contributed by atoms with E-state index >= 15 is 0 Å². The zero-order chi connectivity index (χ0) is 39.7.